The molecule has 3 unspecified atom stereocenters. The Labute approximate surface area is 212 Å². The summed E-state index contributed by atoms with van der Waals surface area (Å²) in [6.45, 7) is 9.83. The van der Waals surface area contributed by atoms with Crippen molar-refractivity contribution < 1.29 is 32.2 Å². The number of methoxy groups -OCH3 is 1. The minimum Gasteiger partial charge on any atom is -0.493 e. The first kappa shape index (κ1) is 28.6. The lowest BCUT2D eigenvalue weighted by molar-refractivity contribution is -0.160. The fraction of sp³-hybridized carbons (Fsp3) is 0.741. The van der Waals surface area contributed by atoms with Crippen molar-refractivity contribution in [2.45, 2.75) is 84.2 Å². The van der Waals surface area contributed by atoms with Crippen molar-refractivity contribution in [1.82, 2.24) is 4.90 Å². The fourth-order valence-electron chi connectivity index (χ4n) is 5.29. The van der Waals surface area contributed by atoms with Crippen molar-refractivity contribution in [3.05, 3.63) is 23.3 Å². The fourth-order valence-corrected chi connectivity index (χ4v) is 5.29. The molecule has 1 aromatic rings. The van der Waals surface area contributed by atoms with Crippen molar-refractivity contribution in [2.75, 3.05) is 26.8 Å². The van der Waals surface area contributed by atoms with Gasteiger partial charge in [-0.3, -0.25) is 9.69 Å². The molecular weight excluding hydrogens is 473 g/mol. The monoisotopic (exact) mass is 514 g/mol. The van der Waals surface area contributed by atoms with E-state index in [-0.39, 0.29) is 43.0 Å². The van der Waals surface area contributed by atoms with Gasteiger partial charge in [0.25, 0.3) is 0 Å². The number of hydrogen-bond donors (Lipinski definition) is 1. The molecule has 2 heterocycles. The molecule has 1 fully saturated rings. The van der Waals surface area contributed by atoms with Crippen molar-refractivity contribution in [2.24, 2.45) is 23.5 Å². The van der Waals surface area contributed by atoms with E-state index in [2.05, 4.69) is 18.7 Å². The highest BCUT2D eigenvalue weighted by atomic mass is 19.4. The van der Waals surface area contributed by atoms with E-state index in [1.54, 1.807) is 0 Å². The van der Waals surface area contributed by atoms with E-state index in [1.807, 2.05) is 26.0 Å². The number of rotatable bonds is 10. The van der Waals surface area contributed by atoms with Gasteiger partial charge in [0.1, 0.15) is 12.1 Å². The zero-order chi connectivity index (χ0) is 26.6. The van der Waals surface area contributed by atoms with Crippen molar-refractivity contribution >= 4 is 5.97 Å². The van der Waals surface area contributed by atoms with E-state index < -0.39 is 18.6 Å². The van der Waals surface area contributed by atoms with Crippen LogP contribution in [0.5, 0.6) is 11.5 Å². The standard InChI is InChI=1S/C27H41F3N2O4/c1-16(2)11-19-15-32-9-7-18-12-24(35-10-6-8-27(28,29)30)23(34-5)13-20(18)21(32)14-22(19)36-26(33)25(31)17(3)4/h12-13,16-17,19,21-22,25H,6-11,14-15,31H2,1-5H3/t19?,21?,22?,25-/m0/s1. The molecule has 2 aliphatic rings. The Morgan fingerprint density at radius 1 is 1.19 bits per heavy atom. The smallest absolute Gasteiger partial charge is 0.389 e. The number of halogens is 3. The normalized spacial score (nSPS) is 23.2. The Morgan fingerprint density at radius 2 is 1.92 bits per heavy atom. The molecule has 204 valence electrons. The number of esters is 1. The third-order valence-electron chi connectivity index (χ3n) is 7.24. The molecule has 1 aromatic carbocycles. The maximum Gasteiger partial charge on any atom is 0.389 e. The number of ether oxygens (including phenoxy) is 3. The largest absolute Gasteiger partial charge is 0.493 e. The summed E-state index contributed by atoms with van der Waals surface area (Å²) in [4.78, 5) is 15.2. The van der Waals surface area contributed by atoms with E-state index in [4.69, 9.17) is 19.9 Å². The Hall–Kier alpha value is -2.00. The lowest BCUT2D eigenvalue weighted by atomic mass is 9.79. The number of benzene rings is 1. The number of hydrogen-bond acceptors (Lipinski definition) is 6. The van der Waals surface area contributed by atoms with Crippen LogP contribution in [0.4, 0.5) is 13.2 Å². The number of nitrogens with two attached hydrogens (primary N) is 1. The quantitative estimate of drug-likeness (QED) is 0.338. The molecule has 4 atom stereocenters. The second-order valence-corrected chi connectivity index (χ2v) is 10.9. The topological polar surface area (TPSA) is 74.0 Å². The maximum atomic E-state index is 12.8. The summed E-state index contributed by atoms with van der Waals surface area (Å²) < 4.78 is 54.7. The second kappa shape index (κ2) is 12.0. The van der Waals surface area contributed by atoms with E-state index in [0.717, 1.165) is 37.1 Å². The molecule has 6 nitrogen and oxygen atoms in total. The Morgan fingerprint density at radius 3 is 2.53 bits per heavy atom. The molecule has 0 radical (unpaired) electrons. The van der Waals surface area contributed by atoms with Crippen LogP contribution in [-0.4, -0.2) is 56.0 Å². The van der Waals surface area contributed by atoms with Crippen LogP contribution in [0.15, 0.2) is 12.1 Å². The highest BCUT2D eigenvalue weighted by molar-refractivity contribution is 5.76. The molecule has 1 saturated heterocycles. The Balaban J connectivity index is 1.80. The predicted octanol–water partition coefficient (Wildman–Crippen LogP) is 5.28. The number of fused-ring (bicyclic) bond motifs is 3. The van der Waals surface area contributed by atoms with Gasteiger partial charge in [-0.1, -0.05) is 27.7 Å². The van der Waals surface area contributed by atoms with Gasteiger partial charge in [-0.05, 0) is 54.4 Å². The second-order valence-electron chi connectivity index (χ2n) is 10.9. The number of carbonyl (C=O) groups is 1. The summed E-state index contributed by atoms with van der Waals surface area (Å²) >= 11 is 0. The molecule has 0 spiro atoms. The van der Waals surface area contributed by atoms with Crippen molar-refractivity contribution in [3.63, 3.8) is 0 Å². The third-order valence-corrected chi connectivity index (χ3v) is 7.24. The van der Waals surface area contributed by atoms with Gasteiger partial charge in [0.2, 0.25) is 0 Å². The van der Waals surface area contributed by atoms with Crippen molar-refractivity contribution in [1.29, 1.82) is 0 Å². The van der Waals surface area contributed by atoms with Gasteiger partial charge in [-0.15, -0.1) is 0 Å². The van der Waals surface area contributed by atoms with Gasteiger partial charge < -0.3 is 19.9 Å². The number of carbonyl (C=O) groups excluding carboxylic acids is 1. The first-order valence-electron chi connectivity index (χ1n) is 13.0. The number of piperidine rings is 1. The summed E-state index contributed by atoms with van der Waals surface area (Å²) in [5.41, 5.74) is 8.27. The molecule has 0 saturated carbocycles. The lowest BCUT2D eigenvalue weighted by Crippen LogP contribution is -2.51. The molecule has 0 amide bonds. The highest BCUT2D eigenvalue weighted by Gasteiger charge is 2.42. The minimum absolute atomic E-state index is 0.00430. The molecule has 36 heavy (non-hydrogen) atoms. The summed E-state index contributed by atoms with van der Waals surface area (Å²) in [5.74, 6) is 1.31. The van der Waals surface area contributed by atoms with E-state index in [1.165, 1.54) is 7.11 Å². The molecule has 0 aromatic heterocycles. The van der Waals surface area contributed by atoms with Crippen LogP contribution in [0.2, 0.25) is 0 Å². The van der Waals surface area contributed by atoms with Crippen LogP contribution >= 0.6 is 0 Å². The van der Waals surface area contributed by atoms with Crippen LogP contribution in [-0.2, 0) is 16.0 Å². The van der Waals surface area contributed by atoms with Gasteiger partial charge >= 0.3 is 12.1 Å². The van der Waals surface area contributed by atoms with Crippen LogP contribution in [0.1, 0.15) is 70.5 Å². The predicted molar refractivity (Wildman–Crippen MR) is 132 cm³/mol. The zero-order valence-electron chi connectivity index (χ0n) is 22.1. The van der Waals surface area contributed by atoms with Crippen molar-refractivity contribution in [3.8, 4) is 11.5 Å². The van der Waals surface area contributed by atoms with Gasteiger partial charge in [-0.2, -0.15) is 13.2 Å². The van der Waals surface area contributed by atoms with Gasteiger partial charge in [0.15, 0.2) is 11.5 Å². The molecule has 2 aliphatic heterocycles. The highest BCUT2D eigenvalue weighted by Crippen LogP contribution is 2.44. The van der Waals surface area contributed by atoms with Gasteiger partial charge in [-0.25, -0.2) is 0 Å². The first-order chi connectivity index (χ1) is 16.9. The van der Waals surface area contributed by atoms with E-state index in [0.29, 0.717) is 23.8 Å². The summed E-state index contributed by atoms with van der Waals surface area (Å²) in [6.07, 6.45) is -2.99. The molecule has 9 heteroatoms. The number of nitrogens with zero attached hydrogens (tertiary/aromatic N) is 1. The number of alkyl halides is 3. The SMILES string of the molecule is COc1cc2c(cc1OCCCC(F)(F)F)CCN1CC(CC(C)C)C(OC(=O)[C@@H](N)C(C)C)CC21. The van der Waals surface area contributed by atoms with Crippen LogP contribution < -0.4 is 15.2 Å². The minimum atomic E-state index is -4.19. The molecular formula is C27H41F3N2O4. The van der Waals surface area contributed by atoms with E-state index in [9.17, 15) is 18.0 Å². The first-order valence-corrected chi connectivity index (χ1v) is 13.0. The average Bonchev–Trinajstić information content (AvgIpc) is 2.80. The maximum absolute atomic E-state index is 12.8. The summed E-state index contributed by atoms with van der Waals surface area (Å²) in [5, 5.41) is 0. The zero-order valence-corrected chi connectivity index (χ0v) is 22.1. The Bertz CT molecular complexity index is 891. The summed E-state index contributed by atoms with van der Waals surface area (Å²) in [7, 11) is 1.53. The van der Waals surface area contributed by atoms with Crippen LogP contribution in [0.3, 0.4) is 0 Å². The Kier molecular flexibility index (Phi) is 9.55. The summed E-state index contributed by atoms with van der Waals surface area (Å²) in [6, 6.07) is 3.24. The molecule has 3 rings (SSSR count). The van der Waals surface area contributed by atoms with Crippen LogP contribution in [0, 0.1) is 17.8 Å². The lowest BCUT2D eigenvalue weighted by Gasteiger charge is -2.47. The van der Waals surface area contributed by atoms with Gasteiger partial charge in [0.05, 0.1) is 13.7 Å². The average molecular weight is 515 g/mol. The molecule has 0 aliphatic carbocycles. The third kappa shape index (κ3) is 7.28. The molecule has 0 bridgehead atoms. The molecule has 2 N–H and O–H groups in total. The van der Waals surface area contributed by atoms with Gasteiger partial charge in [0, 0.05) is 37.9 Å². The van der Waals surface area contributed by atoms with Crippen LogP contribution in [0.25, 0.3) is 0 Å². The van der Waals surface area contributed by atoms with E-state index >= 15 is 0 Å².